The van der Waals surface area contributed by atoms with Crippen LogP contribution in [0.25, 0.3) is 0 Å². The van der Waals surface area contributed by atoms with Crippen molar-refractivity contribution in [1.29, 1.82) is 0 Å². The molecule has 19 heavy (non-hydrogen) atoms. The van der Waals surface area contributed by atoms with Gasteiger partial charge in [0.25, 0.3) is 0 Å². The fourth-order valence-corrected chi connectivity index (χ4v) is 2.62. The lowest BCUT2D eigenvalue weighted by Crippen LogP contribution is -2.53. The van der Waals surface area contributed by atoms with Crippen molar-refractivity contribution in [3.63, 3.8) is 0 Å². The summed E-state index contributed by atoms with van der Waals surface area (Å²) in [6.45, 7) is 8.91. The molecule has 0 spiro atoms. The molecule has 0 saturated carbocycles. The molecular weight excluding hydrogens is 240 g/mol. The van der Waals surface area contributed by atoms with E-state index in [1.165, 1.54) is 0 Å². The maximum atomic E-state index is 12.4. The zero-order chi connectivity index (χ0) is 14.0. The Hall–Kier alpha value is -1.49. The van der Waals surface area contributed by atoms with Crippen LogP contribution in [0.1, 0.15) is 38.1 Å². The number of hydrogen-bond acceptors (Lipinski definition) is 4. The molecule has 0 radical (unpaired) electrons. The second-order valence-corrected chi connectivity index (χ2v) is 5.94. The van der Waals surface area contributed by atoms with Gasteiger partial charge >= 0.3 is 0 Å². The van der Waals surface area contributed by atoms with Crippen molar-refractivity contribution in [1.82, 2.24) is 15.3 Å². The van der Waals surface area contributed by atoms with E-state index < -0.39 is 0 Å². The molecule has 1 atom stereocenters. The Morgan fingerprint density at radius 3 is 2.58 bits per heavy atom. The standard InChI is InChI=1S/C14H22N4O/c1-9-8-10(2)17-13(16-9)18-12(19)11-14(3,4)6-5-7-15-11/h8,11,15H,5-7H2,1-4H3,(H,16,17,18,19). The third-order valence-corrected chi connectivity index (χ3v) is 3.61. The van der Waals surface area contributed by atoms with E-state index in [-0.39, 0.29) is 17.4 Å². The van der Waals surface area contributed by atoms with Crippen LogP contribution < -0.4 is 10.6 Å². The third kappa shape index (κ3) is 3.29. The maximum absolute atomic E-state index is 12.4. The number of aryl methyl sites for hydroxylation is 2. The number of hydrogen-bond donors (Lipinski definition) is 2. The van der Waals surface area contributed by atoms with E-state index in [9.17, 15) is 4.79 Å². The van der Waals surface area contributed by atoms with E-state index in [1.807, 2.05) is 19.9 Å². The summed E-state index contributed by atoms with van der Waals surface area (Å²) in [6, 6.07) is 1.70. The van der Waals surface area contributed by atoms with Crippen molar-refractivity contribution in [2.45, 2.75) is 46.6 Å². The molecular formula is C14H22N4O. The Balaban J connectivity index is 2.12. The minimum Gasteiger partial charge on any atom is -0.305 e. The third-order valence-electron chi connectivity index (χ3n) is 3.61. The number of amides is 1. The smallest absolute Gasteiger partial charge is 0.244 e. The van der Waals surface area contributed by atoms with Gasteiger partial charge in [-0.3, -0.25) is 10.1 Å². The lowest BCUT2D eigenvalue weighted by atomic mass is 9.77. The molecule has 1 amide bonds. The molecule has 1 aromatic rings. The van der Waals surface area contributed by atoms with E-state index in [2.05, 4.69) is 34.4 Å². The monoisotopic (exact) mass is 262 g/mol. The van der Waals surface area contributed by atoms with Crippen LogP contribution in [0.2, 0.25) is 0 Å². The van der Waals surface area contributed by atoms with Crippen molar-refractivity contribution in [3.8, 4) is 0 Å². The molecule has 1 saturated heterocycles. The summed E-state index contributed by atoms with van der Waals surface area (Å²) in [5.74, 6) is 0.348. The van der Waals surface area contributed by atoms with Crippen LogP contribution in [-0.4, -0.2) is 28.5 Å². The highest BCUT2D eigenvalue weighted by Gasteiger charge is 2.37. The van der Waals surface area contributed by atoms with Gasteiger partial charge in [0.15, 0.2) is 0 Å². The van der Waals surface area contributed by atoms with Crippen LogP contribution in [0.5, 0.6) is 0 Å². The molecule has 2 heterocycles. The van der Waals surface area contributed by atoms with Gasteiger partial charge in [0.1, 0.15) is 0 Å². The van der Waals surface area contributed by atoms with Gasteiger partial charge in [-0.25, -0.2) is 9.97 Å². The van der Waals surface area contributed by atoms with Crippen LogP contribution >= 0.6 is 0 Å². The lowest BCUT2D eigenvalue weighted by molar-refractivity contribution is -0.121. The summed E-state index contributed by atoms with van der Waals surface area (Å²) in [6.07, 6.45) is 2.16. The molecule has 1 unspecified atom stereocenters. The molecule has 0 aliphatic carbocycles. The zero-order valence-corrected chi connectivity index (χ0v) is 12.1. The fraction of sp³-hybridized carbons (Fsp3) is 0.643. The van der Waals surface area contributed by atoms with Crippen LogP contribution in [0.15, 0.2) is 6.07 Å². The van der Waals surface area contributed by atoms with E-state index in [0.29, 0.717) is 5.95 Å². The number of carbonyl (C=O) groups is 1. The number of piperidine rings is 1. The normalized spacial score (nSPS) is 22.0. The molecule has 2 N–H and O–H groups in total. The van der Waals surface area contributed by atoms with E-state index in [4.69, 9.17) is 0 Å². The number of rotatable bonds is 2. The van der Waals surface area contributed by atoms with Crippen molar-refractivity contribution < 1.29 is 4.79 Å². The average molecular weight is 262 g/mol. The Bertz CT molecular complexity index is 464. The summed E-state index contributed by atoms with van der Waals surface area (Å²) >= 11 is 0. The van der Waals surface area contributed by atoms with Gasteiger partial charge in [0.05, 0.1) is 6.04 Å². The first-order valence-corrected chi connectivity index (χ1v) is 6.75. The van der Waals surface area contributed by atoms with Gasteiger partial charge in [-0.05, 0) is 44.7 Å². The highest BCUT2D eigenvalue weighted by atomic mass is 16.2. The SMILES string of the molecule is Cc1cc(C)nc(NC(=O)C2NCCCC2(C)C)n1. The number of carbonyl (C=O) groups excluding carboxylic acids is 1. The second-order valence-electron chi connectivity index (χ2n) is 5.94. The summed E-state index contributed by atoms with van der Waals surface area (Å²) in [5.41, 5.74) is 1.68. The molecule has 1 fully saturated rings. The van der Waals surface area contributed by atoms with Crippen molar-refractivity contribution in [2.75, 3.05) is 11.9 Å². The van der Waals surface area contributed by atoms with E-state index in [1.54, 1.807) is 0 Å². The predicted molar refractivity (Wildman–Crippen MR) is 74.9 cm³/mol. The van der Waals surface area contributed by atoms with Crippen LogP contribution in [-0.2, 0) is 4.79 Å². The van der Waals surface area contributed by atoms with E-state index in [0.717, 1.165) is 30.8 Å². The molecule has 0 bridgehead atoms. The molecule has 5 nitrogen and oxygen atoms in total. The summed E-state index contributed by atoms with van der Waals surface area (Å²) in [4.78, 5) is 20.8. The molecule has 1 aliphatic rings. The Morgan fingerprint density at radius 2 is 2.00 bits per heavy atom. The van der Waals surface area contributed by atoms with Crippen LogP contribution in [0.3, 0.4) is 0 Å². The minimum atomic E-state index is -0.189. The van der Waals surface area contributed by atoms with Gasteiger partial charge in [-0.1, -0.05) is 13.8 Å². The number of nitrogens with one attached hydrogen (secondary N) is 2. The first kappa shape index (κ1) is 13.9. The van der Waals surface area contributed by atoms with Crippen molar-refractivity contribution >= 4 is 11.9 Å². The summed E-state index contributed by atoms with van der Waals surface area (Å²) in [5, 5.41) is 6.12. The molecule has 1 aromatic heterocycles. The maximum Gasteiger partial charge on any atom is 0.244 e. The number of aromatic nitrogens is 2. The first-order valence-electron chi connectivity index (χ1n) is 6.75. The quantitative estimate of drug-likeness (QED) is 0.853. The second kappa shape index (κ2) is 5.25. The predicted octanol–water partition coefficient (Wildman–Crippen LogP) is 1.81. The van der Waals surface area contributed by atoms with Crippen molar-refractivity contribution in [3.05, 3.63) is 17.5 Å². The topological polar surface area (TPSA) is 66.9 Å². The molecule has 0 aromatic carbocycles. The number of nitrogens with zero attached hydrogens (tertiary/aromatic N) is 2. The van der Waals surface area contributed by atoms with Gasteiger partial charge in [0.2, 0.25) is 11.9 Å². The molecule has 104 valence electrons. The minimum absolute atomic E-state index is 0.0405. The van der Waals surface area contributed by atoms with Crippen LogP contribution in [0, 0.1) is 19.3 Å². The fourth-order valence-electron chi connectivity index (χ4n) is 2.62. The van der Waals surface area contributed by atoms with Crippen molar-refractivity contribution in [2.24, 2.45) is 5.41 Å². The molecule has 2 rings (SSSR count). The largest absolute Gasteiger partial charge is 0.305 e. The summed E-state index contributed by atoms with van der Waals surface area (Å²) < 4.78 is 0. The van der Waals surface area contributed by atoms with Crippen LogP contribution in [0.4, 0.5) is 5.95 Å². The Morgan fingerprint density at radius 1 is 1.37 bits per heavy atom. The average Bonchev–Trinajstić information content (AvgIpc) is 2.26. The lowest BCUT2D eigenvalue weighted by Gasteiger charge is -2.38. The summed E-state index contributed by atoms with van der Waals surface area (Å²) in [7, 11) is 0. The highest BCUT2D eigenvalue weighted by molar-refractivity contribution is 5.94. The Labute approximate surface area is 114 Å². The number of anilines is 1. The first-order chi connectivity index (χ1) is 8.88. The van der Waals surface area contributed by atoms with E-state index >= 15 is 0 Å². The Kier molecular flexibility index (Phi) is 3.85. The zero-order valence-electron chi connectivity index (χ0n) is 12.1. The molecule has 1 aliphatic heterocycles. The highest BCUT2D eigenvalue weighted by Crippen LogP contribution is 2.30. The van der Waals surface area contributed by atoms with Gasteiger partial charge in [-0.15, -0.1) is 0 Å². The van der Waals surface area contributed by atoms with Gasteiger partial charge < -0.3 is 5.32 Å². The molecule has 5 heteroatoms. The van der Waals surface area contributed by atoms with Gasteiger partial charge in [0, 0.05) is 11.4 Å². The van der Waals surface area contributed by atoms with Gasteiger partial charge in [-0.2, -0.15) is 0 Å².